The summed E-state index contributed by atoms with van der Waals surface area (Å²) in [6, 6.07) is 13.4. The third kappa shape index (κ3) is 4.25. The van der Waals surface area contributed by atoms with E-state index in [4.69, 9.17) is 10.5 Å². The van der Waals surface area contributed by atoms with E-state index in [0.717, 1.165) is 10.7 Å². The molecule has 0 aliphatic carbocycles. The number of nitrogens with two attached hydrogens (primary N) is 1. The zero-order valence-corrected chi connectivity index (χ0v) is 14.9. The first-order chi connectivity index (χ1) is 12.5. The summed E-state index contributed by atoms with van der Waals surface area (Å²) in [6.07, 6.45) is 0. The average Bonchev–Trinajstić information content (AvgIpc) is 3.06. The highest BCUT2D eigenvalue weighted by molar-refractivity contribution is 7.09. The molecule has 0 radical (unpaired) electrons. The summed E-state index contributed by atoms with van der Waals surface area (Å²) < 4.78 is 5.66. The molecule has 0 saturated heterocycles. The van der Waals surface area contributed by atoms with Gasteiger partial charge < -0.3 is 15.8 Å². The predicted octanol–water partition coefficient (Wildman–Crippen LogP) is 3.38. The lowest BCUT2D eigenvalue weighted by Crippen LogP contribution is -2.18. The summed E-state index contributed by atoms with van der Waals surface area (Å²) >= 11 is 1.54. The van der Waals surface area contributed by atoms with Crippen LogP contribution in [0.3, 0.4) is 0 Å². The second-order valence-electron chi connectivity index (χ2n) is 5.56. The van der Waals surface area contributed by atoms with E-state index in [1.165, 1.54) is 0 Å². The summed E-state index contributed by atoms with van der Waals surface area (Å²) in [5.74, 6) is -0.283. The van der Waals surface area contributed by atoms with Crippen LogP contribution in [0.15, 0.2) is 53.9 Å². The van der Waals surface area contributed by atoms with Gasteiger partial charge >= 0.3 is 0 Å². The zero-order chi connectivity index (χ0) is 18.5. The van der Waals surface area contributed by atoms with Crippen LogP contribution in [0.1, 0.15) is 31.4 Å². The zero-order valence-electron chi connectivity index (χ0n) is 14.1. The van der Waals surface area contributed by atoms with Crippen molar-refractivity contribution in [2.75, 3.05) is 5.32 Å². The van der Waals surface area contributed by atoms with Crippen LogP contribution in [0.5, 0.6) is 5.75 Å². The van der Waals surface area contributed by atoms with Crippen molar-refractivity contribution in [3.8, 4) is 5.75 Å². The van der Waals surface area contributed by atoms with Crippen LogP contribution in [-0.2, 0) is 6.61 Å². The van der Waals surface area contributed by atoms with E-state index in [1.807, 2.05) is 12.3 Å². The number of hydrogen-bond donors (Lipinski definition) is 2. The quantitative estimate of drug-likeness (QED) is 0.698. The molecule has 0 aliphatic rings. The molecule has 3 aromatic rings. The fourth-order valence-corrected chi connectivity index (χ4v) is 3.00. The topological polar surface area (TPSA) is 94.3 Å². The minimum Gasteiger partial charge on any atom is -0.486 e. The van der Waals surface area contributed by atoms with Gasteiger partial charge in [0.05, 0.1) is 11.3 Å². The highest BCUT2D eigenvalue weighted by Crippen LogP contribution is 2.19. The number of benzene rings is 2. The molecule has 132 valence electrons. The van der Waals surface area contributed by atoms with Crippen molar-refractivity contribution in [3.63, 3.8) is 0 Å². The molecule has 7 heteroatoms. The number of nitrogens with one attached hydrogen (secondary N) is 1. The minimum atomic E-state index is -0.595. The van der Waals surface area contributed by atoms with E-state index in [9.17, 15) is 9.59 Å². The van der Waals surface area contributed by atoms with Gasteiger partial charge in [-0.3, -0.25) is 9.59 Å². The summed E-state index contributed by atoms with van der Waals surface area (Å²) in [4.78, 5) is 28.1. The Morgan fingerprint density at radius 3 is 2.54 bits per heavy atom. The maximum absolute atomic E-state index is 12.4. The molecule has 1 heterocycles. The molecular formula is C19H17N3O3S. The number of ether oxygens (including phenoxy) is 1. The van der Waals surface area contributed by atoms with Crippen molar-refractivity contribution >= 4 is 28.8 Å². The number of hydrogen-bond acceptors (Lipinski definition) is 5. The van der Waals surface area contributed by atoms with Gasteiger partial charge in [-0.2, -0.15) is 0 Å². The van der Waals surface area contributed by atoms with Crippen molar-refractivity contribution in [2.45, 2.75) is 13.5 Å². The van der Waals surface area contributed by atoms with Gasteiger partial charge in [-0.25, -0.2) is 4.98 Å². The SMILES string of the molecule is Cc1csc(COc2ccc(C(=O)Nc3ccccc3C(N)=O)cc2)n1. The summed E-state index contributed by atoms with van der Waals surface area (Å²) in [5.41, 5.74) is 7.38. The van der Waals surface area contributed by atoms with Gasteiger partial charge in [0.15, 0.2) is 0 Å². The highest BCUT2D eigenvalue weighted by atomic mass is 32.1. The number of carbonyl (C=O) groups is 2. The van der Waals surface area contributed by atoms with Gasteiger partial charge in [-0.1, -0.05) is 12.1 Å². The van der Waals surface area contributed by atoms with Crippen LogP contribution >= 0.6 is 11.3 Å². The maximum Gasteiger partial charge on any atom is 0.255 e. The summed E-state index contributed by atoms with van der Waals surface area (Å²) in [5, 5.41) is 5.56. The van der Waals surface area contributed by atoms with Crippen molar-refractivity contribution in [1.29, 1.82) is 0 Å². The van der Waals surface area contributed by atoms with Crippen LogP contribution in [-0.4, -0.2) is 16.8 Å². The summed E-state index contributed by atoms with van der Waals surface area (Å²) in [7, 11) is 0. The Balaban J connectivity index is 1.64. The molecule has 0 bridgehead atoms. The second kappa shape index (κ2) is 7.79. The van der Waals surface area contributed by atoms with Crippen molar-refractivity contribution < 1.29 is 14.3 Å². The van der Waals surface area contributed by atoms with Crippen molar-refractivity contribution in [1.82, 2.24) is 4.98 Å². The summed E-state index contributed by atoms with van der Waals surface area (Å²) in [6.45, 7) is 2.32. The maximum atomic E-state index is 12.4. The van der Waals surface area contributed by atoms with Gasteiger partial charge in [-0.15, -0.1) is 11.3 Å². The Labute approximate surface area is 154 Å². The van der Waals surface area contributed by atoms with Crippen LogP contribution in [0.2, 0.25) is 0 Å². The first-order valence-corrected chi connectivity index (χ1v) is 8.75. The number of anilines is 1. The molecule has 0 atom stereocenters. The second-order valence-corrected chi connectivity index (χ2v) is 6.50. The fourth-order valence-electron chi connectivity index (χ4n) is 2.32. The Hall–Kier alpha value is -3.19. The number of amides is 2. The van der Waals surface area contributed by atoms with Crippen LogP contribution in [0.25, 0.3) is 0 Å². The van der Waals surface area contributed by atoms with Crippen molar-refractivity contribution in [3.05, 3.63) is 75.7 Å². The molecular weight excluding hydrogens is 350 g/mol. The van der Waals surface area contributed by atoms with Gasteiger partial charge in [0.2, 0.25) is 0 Å². The standard InChI is InChI=1S/C19H17N3O3S/c1-12-11-26-17(21-12)10-25-14-8-6-13(7-9-14)19(24)22-16-5-3-2-4-15(16)18(20)23/h2-9,11H,10H2,1H3,(H2,20,23)(H,22,24). The van der Waals surface area contributed by atoms with Crippen LogP contribution < -0.4 is 15.8 Å². The van der Waals surface area contributed by atoms with E-state index < -0.39 is 5.91 Å². The lowest BCUT2D eigenvalue weighted by atomic mass is 10.1. The first-order valence-electron chi connectivity index (χ1n) is 7.87. The molecule has 2 amide bonds. The molecule has 26 heavy (non-hydrogen) atoms. The van der Waals surface area contributed by atoms with Gasteiger partial charge in [0.25, 0.3) is 11.8 Å². The predicted molar refractivity (Wildman–Crippen MR) is 101 cm³/mol. The largest absolute Gasteiger partial charge is 0.486 e. The number of carbonyl (C=O) groups excluding carboxylic acids is 2. The molecule has 3 N–H and O–H groups in total. The van der Waals surface area contributed by atoms with Gasteiger partial charge in [-0.05, 0) is 43.3 Å². The highest BCUT2D eigenvalue weighted by Gasteiger charge is 2.12. The number of primary amides is 1. The molecule has 0 fully saturated rings. The Kier molecular flexibility index (Phi) is 5.28. The van der Waals surface area contributed by atoms with E-state index in [2.05, 4.69) is 10.3 Å². The number of thiazole rings is 1. The number of aryl methyl sites for hydroxylation is 1. The molecule has 0 saturated carbocycles. The van der Waals surface area contributed by atoms with Crippen LogP contribution in [0, 0.1) is 6.92 Å². The Bertz CT molecular complexity index is 935. The molecule has 0 unspecified atom stereocenters. The Morgan fingerprint density at radius 1 is 1.15 bits per heavy atom. The average molecular weight is 367 g/mol. The number of nitrogens with zero attached hydrogens (tertiary/aromatic N) is 1. The molecule has 2 aromatic carbocycles. The molecule has 0 spiro atoms. The molecule has 0 aliphatic heterocycles. The fraction of sp³-hybridized carbons (Fsp3) is 0.105. The number of aromatic nitrogens is 1. The normalized spacial score (nSPS) is 10.3. The molecule has 6 nitrogen and oxygen atoms in total. The smallest absolute Gasteiger partial charge is 0.255 e. The monoisotopic (exact) mass is 367 g/mol. The van der Waals surface area contributed by atoms with Crippen molar-refractivity contribution in [2.24, 2.45) is 5.73 Å². The van der Waals surface area contributed by atoms with Gasteiger partial charge in [0, 0.05) is 16.6 Å². The van der Waals surface area contributed by atoms with E-state index in [-0.39, 0.29) is 11.5 Å². The third-order valence-electron chi connectivity index (χ3n) is 3.59. The lowest BCUT2D eigenvalue weighted by molar-refractivity contribution is 0.100. The van der Waals surface area contributed by atoms with Gasteiger partial charge in [0.1, 0.15) is 17.4 Å². The van der Waals surface area contributed by atoms with E-state index in [1.54, 1.807) is 59.9 Å². The molecule has 3 rings (SSSR count). The van der Waals surface area contributed by atoms with E-state index >= 15 is 0 Å². The number of rotatable bonds is 6. The number of para-hydroxylation sites is 1. The first kappa shape index (κ1) is 17.6. The van der Waals surface area contributed by atoms with E-state index in [0.29, 0.717) is 23.6 Å². The van der Waals surface area contributed by atoms with Crippen LogP contribution in [0.4, 0.5) is 5.69 Å². The Morgan fingerprint density at radius 2 is 1.88 bits per heavy atom. The third-order valence-corrected chi connectivity index (χ3v) is 4.53. The molecule has 1 aromatic heterocycles. The minimum absolute atomic E-state index is 0.263. The lowest BCUT2D eigenvalue weighted by Gasteiger charge is -2.09.